The molecular formula is C31H32F3N5O2. The molecule has 7 nitrogen and oxygen atoms in total. The zero-order valence-corrected chi connectivity index (χ0v) is 22.7. The van der Waals surface area contributed by atoms with Gasteiger partial charge in [0.1, 0.15) is 12.5 Å². The number of nitrogens with one attached hydrogen (secondary N) is 2. The van der Waals surface area contributed by atoms with Crippen molar-refractivity contribution in [2.45, 2.75) is 36.5 Å². The number of piperidine rings is 1. The van der Waals surface area contributed by atoms with Crippen LogP contribution in [0.4, 0.5) is 13.2 Å². The van der Waals surface area contributed by atoms with Crippen LogP contribution in [0.3, 0.4) is 0 Å². The lowest BCUT2D eigenvalue weighted by Crippen LogP contribution is -2.47. The predicted octanol–water partition coefficient (Wildman–Crippen LogP) is 4.77. The largest absolute Gasteiger partial charge is 0.362 e. The molecule has 214 valence electrons. The molecule has 0 aliphatic carbocycles. The number of aromatic nitrogens is 3. The van der Waals surface area contributed by atoms with Gasteiger partial charge in [-0.3, -0.25) is 9.82 Å². The monoisotopic (exact) mass is 563 g/mol. The van der Waals surface area contributed by atoms with E-state index in [4.69, 9.17) is 9.57 Å². The number of halogens is 3. The fraction of sp³-hybridized carbons (Fsp3) is 0.355. The molecule has 1 spiro atoms. The minimum absolute atomic E-state index is 0.117. The Morgan fingerprint density at radius 2 is 1.85 bits per heavy atom. The minimum atomic E-state index is -1.36. The van der Waals surface area contributed by atoms with Crippen molar-refractivity contribution in [3.05, 3.63) is 119 Å². The molecule has 2 unspecified atom stereocenters. The molecule has 0 radical (unpaired) electrons. The van der Waals surface area contributed by atoms with Gasteiger partial charge >= 0.3 is 0 Å². The summed E-state index contributed by atoms with van der Waals surface area (Å²) in [5, 5.41) is 3.42. The van der Waals surface area contributed by atoms with Crippen molar-refractivity contribution in [3.63, 3.8) is 0 Å². The lowest BCUT2D eigenvalue weighted by Gasteiger charge is -2.35. The van der Waals surface area contributed by atoms with E-state index >= 15 is 0 Å². The first-order valence-corrected chi connectivity index (χ1v) is 13.8. The smallest absolute Gasteiger partial charge is 0.159 e. The van der Waals surface area contributed by atoms with E-state index in [0.29, 0.717) is 23.4 Å². The number of nitrogens with zero attached hydrogens (tertiary/aromatic N) is 3. The maximum absolute atomic E-state index is 14.6. The van der Waals surface area contributed by atoms with Gasteiger partial charge in [0.15, 0.2) is 17.2 Å². The summed E-state index contributed by atoms with van der Waals surface area (Å²) in [6.45, 7) is 0.827. The molecule has 2 aromatic heterocycles. The highest BCUT2D eigenvalue weighted by Gasteiger charge is 2.46. The molecule has 4 heterocycles. The Morgan fingerprint density at radius 1 is 1.07 bits per heavy atom. The predicted molar refractivity (Wildman–Crippen MR) is 147 cm³/mol. The number of hydrogen-bond acceptors (Lipinski definition) is 6. The first-order valence-electron chi connectivity index (χ1n) is 13.8. The number of pyridine rings is 1. The summed E-state index contributed by atoms with van der Waals surface area (Å²) < 4.78 is 50.2. The van der Waals surface area contributed by atoms with Crippen LogP contribution < -0.4 is 10.8 Å². The third-order valence-corrected chi connectivity index (χ3v) is 8.19. The number of benzene rings is 2. The second-order valence-electron chi connectivity index (χ2n) is 10.6. The van der Waals surface area contributed by atoms with Crippen LogP contribution in [0.15, 0.2) is 73.3 Å². The average Bonchev–Trinajstić information content (AvgIpc) is 3.55. The van der Waals surface area contributed by atoms with E-state index in [9.17, 15) is 13.2 Å². The molecule has 6 rings (SSSR count). The van der Waals surface area contributed by atoms with Crippen molar-refractivity contribution >= 4 is 0 Å². The first kappa shape index (κ1) is 27.6. The SMILES string of the molecule is Cn1ccnc1C(NOCCF)(c1ccc(CC2OC3(CCNCC3)c3cnccc32)cc1)c1ccc(F)c(F)c1. The number of ether oxygens (including phenoxy) is 1. The van der Waals surface area contributed by atoms with Gasteiger partial charge in [0, 0.05) is 43.8 Å². The Bertz CT molecular complexity index is 1510. The van der Waals surface area contributed by atoms with Crippen LogP contribution in [0.5, 0.6) is 0 Å². The lowest BCUT2D eigenvalue weighted by molar-refractivity contribution is -0.0939. The summed E-state index contributed by atoms with van der Waals surface area (Å²) in [7, 11) is 1.79. The molecule has 1 saturated heterocycles. The Balaban J connectivity index is 1.37. The van der Waals surface area contributed by atoms with Gasteiger partial charge < -0.3 is 14.6 Å². The number of alkyl halides is 1. The van der Waals surface area contributed by atoms with Gasteiger partial charge in [-0.05, 0) is 66.4 Å². The fourth-order valence-electron chi connectivity index (χ4n) is 6.18. The Kier molecular flexibility index (Phi) is 7.65. The molecule has 1 fully saturated rings. The summed E-state index contributed by atoms with van der Waals surface area (Å²) in [6, 6.07) is 13.5. The summed E-state index contributed by atoms with van der Waals surface area (Å²) in [5.41, 5.74) is 5.65. The number of rotatable bonds is 9. The number of fused-ring (bicyclic) bond motifs is 2. The molecule has 0 saturated carbocycles. The second kappa shape index (κ2) is 11.4. The van der Waals surface area contributed by atoms with Crippen molar-refractivity contribution in [2.75, 3.05) is 26.4 Å². The molecule has 2 atom stereocenters. The van der Waals surface area contributed by atoms with Gasteiger partial charge in [0.25, 0.3) is 0 Å². The molecule has 4 aromatic rings. The van der Waals surface area contributed by atoms with Crippen LogP contribution in [0.2, 0.25) is 0 Å². The average molecular weight is 564 g/mol. The highest BCUT2D eigenvalue weighted by Crippen LogP contribution is 2.49. The van der Waals surface area contributed by atoms with Gasteiger partial charge in [0.2, 0.25) is 0 Å². The first-order chi connectivity index (χ1) is 20.0. The van der Waals surface area contributed by atoms with E-state index in [1.54, 1.807) is 24.0 Å². The van der Waals surface area contributed by atoms with E-state index < -0.39 is 23.8 Å². The zero-order chi connectivity index (χ0) is 28.5. The highest BCUT2D eigenvalue weighted by atomic mass is 19.2. The number of hydrogen-bond donors (Lipinski definition) is 2. The van der Waals surface area contributed by atoms with Crippen molar-refractivity contribution in [1.29, 1.82) is 0 Å². The zero-order valence-electron chi connectivity index (χ0n) is 22.7. The van der Waals surface area contributed by atoms with Crippen molar-refractivity contribution in [2.24, 2.45) is 7.05 Å². The normalized spacial score (nSPS) is 19.3. The van der Waals surface area contributed by atoms with E-state index in [-0.39, 0.29) is 18.3 Å². The van der Waals surface area contributed by atoms with Crippen LogP contribution in [0, 0.1) is 11.6 Å². The van der Waals surface area contributed by atoms with Gasteiger partial charge in [-0.1, -0.05) is 30.3 Å². The van der Waals surface area contributed by atoms with Gasteiger partial charge in [-0.25, -0.2) is 18.2 Å². The third kappa shape index (κ3) is 4.95. The van der Waals surface area contributed by atoms with Crippen molar-refractivity contribution in [1.82, 2.24) is 25.3 Å². The van der Waals surface area contributed by atoms with Crippen LogP contribution in [-0.2, 0) is 34.2 Å². The van der Waals surface area contributed by atoms with Crippen LogP contribution in [-0.4, -0.2) is 40.9 Å². The molecule has 2 aliphatic heterocycles. The molecule has 10 heteroatoms. The summed E-state index contributed by atoms with van der Waals surface area (Å²) in [5.74, 6) is -1.52. The molecule has 0 bridgehead atoms. The number of imidazole rings is 1. The molecule has 2 aromatic carbocycles. The summed E-state index contributed by atoms with van der Waals surface area (Å²) in [6.07, 6.45) is 9.43. The van der Waals surface area contributed by atoms with Crippen LogP contribution >= 0.6 is 0 Å². The minimum Gasteiger partial charge on any atom is -0.362 e. The lowest BCUT2D eigenvalue weighted by atomic mass is 9.81. The maximum Gasteiger partial charge on any atom is 0.159 e. The Labute approximate surface area is 236 Å². The molecule has 0 amide bonds. The van der Waals surface area contributed by atoms with Gasteiger partial charge in [0.05, 0.1) is 18.3 Å². The molecule has 2 N–H and O–H groups in total. The standard InChI is InChI=1S/C31H32F3N5O2/c1-39-16-15-37-29(39)31(38-40-17-11-32,23-6-7-26(33)27(34)19-23)22-4-2-21(3-5-22)18-28-24-8-12-36-20-25(24)30(41-28)9-13-35-14-10-30/h2-8,12,15-16,19-20,28,35,38H,9-11,13-14,17-18H2,1H3. The molecule has 41 heavy (non-hydrogen) atoms. The van der Waals surface area contributed by atoms with Gasteiger partial charge in [-0.15, -0.1) is 0 Å². The van der Waals surface area contributed by atoms with Crippen molar-refractivity contribution in [3.8, 4) is 0 Å². The Hall–Kier alpha value is -3.57. The van der Waals surface area contributed by atoms with Crippen molar-refractivity contribution < 1.29 is 22.7 Å². The van der Waals surface area contributed by atoms with E-state index in [0.717, 1.165) is 49.2 Å². The molecular weight excluding hydrogens is 531 g/mol. The van der Waals surface area contributed by atoms with E-state index in [1.165, 1.54) is 11.6 Å². The quantitative estimate of drug-likeness (QED) is 0.226. The summed E-state index contributed by atoms with van der Waals surface area (Å²) in [4.78, 5) is 14.4. The molecule has 2 aliphatic rings. The fourth-order valence-corrected chi connectivity index (χ4v) is 6.18. The number of aryl methyl sites for hydroxylation is 1. The van der Waals surface area contributed by atoms with E-state index in [1.807, 2.05) is 42.7 Å². The third-order valence-electron chi connectivity index (χ3n) is 8.19. The Morgan fingerprint density at radius 3 is 2.56 bits per heavy atom. The highest BCUT2D eigenvalue weighted by molar-refractivity contribution is 5.47. The van der Waals surface area contributed by atoms with Crippen LogP contribution in [0.1, 0.15) is 52.6 Å². The van der Waals surface area contributed by atoms with E-state index in [2.05, 4.69) is 20.8 Å². The number of hydroxylamine groups is 1. The summed E-state index contributed by atoms with van der Waals surface area (Å²) >= 11 is 0. The topological polar surface area (TPSA) is 73.2 Å². The second-order valence-corrected chi connectivity index (χ2v) is 10.6. The maximum atomic E-state index is 14.6. The van der Waals surface area contributed by atoms with Gasteiger partial charge in [-0.2, -0.15) is 5.48 Å². The van der Waals surface area contributed by atoms with Crippen LogP contribution in [0.25, 0.3) is 0 Å².